The minimum atomic E-state index is -4.73. The third kappa shape index (κ3) is 2.93. The summed E-state index contributed by atoms with van der Waals surface area (Å²) in [6, 6.07) is 21.6. The van der Waals surface area contributed by atoms with Gasteiger partial charge in [-0.1, -0.05) is 60.7 Å². The van der Waals surface area contributed by atoms with Crippen LogP contribution < -0.4 is 4.52 Å². The second kappa shape index (κ2) is 6.15. The molecule has 0 aliphatic heterocycles. The van der Waals surface area contributed by atoms with Crippen molar-refractivity contribution in [2.24, 2.45) is 0 Å². The van der Waals surface area contributed by atoms with Crippen LogP contribution in [0.1, 0.15) is 0 Å². The second-order valence-corrected chi connectivity index (χ2v) is 7.08. The number of phosphoric ester groups is 1. The molecule has 26 heavy (non-hydrogen) atoms. The van der Waals surface area contributed by atoms with Gasteiger partial charge < -0.3 is 9.63 Å². The van der Waals surface area contributed by atoms with E-state index in [-0.39, 0.29) is 11.5 Å². The first kappa shape index (κ1) is 16.6. The zero-order valence-corrected chi connectivity index (χ0v) is 14.4. The number of phosphoric acid groups is 1. The largest absolute Gasteiger partial charge is 0.524 e. The number of benzene rings is 4. The number of para-hydroxylation sites is 1. The summed E-state index contributed by atoms with van der Waals surface area (Å²) in [5, 5.41) is 14.3. The van der Waals surface area contributed by atoms with Crippen molar-refractivity contribution >= 4 is 29.4 Å². The Balaban J connectivity index is 2.05. The van der Waals surface area contributed by atoms with Crippen LogP contribution in [0.3, 0.4) is 0 Å². The summed E-state index contributed by atoms with van der Waals surface area (Å²) in [7, 11) is -4.73. The highest BCUT2D eigenvalue weighted by atomic mass is 31.2. The van der Waals surface area contributed by atoms with E-state index >= 15 is 0 Å². The molecule has 0 unspecified atom stereocenters. The Kier molecular flexibility index (Phi) is 3.93. The summed E-state index contributed by atoms with van der Waals surface area (Å²) >= 11 is 0. The van der Waals surface area contributed by atoms with E-state index in [1.54, 1.807) is 24.3 Å². The molecule has 0 bridgehead atoms. The van der Waals surface area contributed by atoms with Crippen LogP contribution >= 0.6 is 7.82 Å². The van der Waals surface area contributed by atoms with E-state index in [1.165, 1.54) is 6.07 Å². The molecule has 5 nitrogen and oxygen atoms in total. The van der Waals surface area contributed by atoms with Gasteiger partial charge in [-0.05, 0) is 33.7 Å². The predicted molar refractivity (Wildman–Crippen MR) is 101 cm³/mol. The molecule has 6 heteroatoms. The third-order valence-corrected chi connectivity index (χ3v) is 4.71. The number of fused-ring (bicyclic) bond motifs is 3. The average Bonchev–Trinajstić information content (AvgIpc) is 2.61. The van der Waals surface area contributed by atoms with E-state index in [9.17, 15) is 19.5 Å². The monoisotopic (exact) mass is 366 g/mol. The Morgan fingerprint density at radius 2 is 1.42 bits per heavy atom. The standard InChI is InChI=1S/C20H15O5P/c21-18-12-11-15-14-6-2-1-5-13(14)9-10-16(15)20(18)17-7-3-4-8-19(17)25-26(22,23)24/h1-12,21H,(H2,22,23,24). The van der Waals surface area contributed by atoms with Gasteiger partial charge in [-0.25, -0.2) is 4.57 Å². The molecule has 0 heterocycles. The maximum absolute atomic E-state index is 11.3. The maximum atomic E-state index is 11.3. The first-order valence-corrected chi connectivity index (χ1v) is 9.45. The highest BCUT2D eigenvalue weighted by Crippen LogP contribution is 2.46. The van der Waals surface area contributed by atoms with Gasteiger partial charge in [-0.15, -0.1) is 0 Å². The molecule has 0 amide bonds. The molecule has 4 rings (SSSR count). The Morgan fingerprint density at radius 3 is 2.23 bits per heavy atom. The smallest absolute Gasteiger partial charge is 0.507 e. The zero-order chi connectivity index (χ0) is 18.3. The average molecular weight is 366 g/mol. The molecule has 4 aromatic carbocycles. The lowest BCUT2D eigenvalue weighted by Gasteiger charge is -2.15. The third-order valence-electron chi connectivity index (χ3n) is 4.28. The topological polar surface area (TPSA) is 87.0 Å². The fraction of sp³-hybridized carbons (Fsp3) is 0. The van der Waals surface area contributed by atoms with Crippen molar-refractivity contribution < 1.29 is 24.0 Å². The van der Waals surface area contributed by atoms with E-state index in [1.807, 2.05) is 42.5 Å². The fourth-order valence-corrected chi connectivity index (χ4v) is 3.66. The van der Waals surface area contributed by atoms with Crippen molar-refractivity contribution in [1.29, 1.82) is 0 Å². The molecule has 3 N–H and O–H groups in total. The number of phenols is 1. The van der Waals surface area contributed by atoms with Crippen molar-refractivity contribution in [3.63, 3.8) is 0 Å². The van der Waals surface area contributed by atoms with Crippen molar-refractivity contribution in [1.82, 2.24) is 0 Å². The number of phenolic OH excluding ortho intramolecular Hbond substituents is 1. The van der Waals surface area contributed by atoms with Gasteiger partial charge >= 0.3 is 7.82 Å². The van der Waals surface area contributed by atoms with Crippen LogP contribution in [0.4, 0.5) is 0 Å². The normalized spacial score (nSPS) is 11.8. The van der Waals surface area contributed by atoms with Gasteiger partial charge in [0.25, 0.3) is 0 Å². The molecule has 4 aromatic rings. The minimum Gasteiger partial charge on any atom is -0.507 e. The molecule has 0 aromatic heterocycles. The lowest BCUT2D eigenvalue weighted by molar-refractivity contribution is 0.283. The van der Waals surface area contributed by atoms with Crippen LogP contribution in [-0.4, -0.2) is 14.9 Å². The van der Waals surface area contributed by atoms with Gasteiger partial charge in [0.15, 0.2) is 0 Å². The van der Waals surface area contributed by atoms with Crippen LogP contribution in [0.15, 0.2) is 72.8 Å². The molecular weight excluding hydrogens is 351 g/mol. The Labute approximate surface area is 149 Å². The Bertz CT molecular complexity index is 1180. The van der Waals surface area contributed by atoms with E-state index in [2.05, 4.69) is 0 Å². The van der Waals surface area contributed by atoms with Crippen LogP contribution in [0.5, 0.6) is 11.5 Å². The van der Waals surface area contributed by atoms with E-state index in [0.29, 0.717) is 11.1 Å². The van der Waals surface area contributed by atoms with Gasteiger partial charge in [-0.3, -0.25) is 9.79 Å². The summed E-state index contributed by atoms with van der Waals surface area (Å²) in [6.07, 6.45) is 0. The lowest BCUT2D eigenvalue weighted by atomic mass is 9.93. The van der Waals surface area contributed by atoms with Gasteiger partial charge in [0.05, 0.1) is 0 Å². The Morgan fingerprint density at radius 1 is 0.731 bits per heavy atom. The summed E-state index contributed by atoms with van der Waals surface area (Å²) in [5.74, 6) is 0.0198. The van der Waals surface area contributed by atoms with E-state index in [0.717, 1.165) is 21.5 Å². The number of hydrogen-bond acceptors (Lipinski definition) is 3. The predicted octanol–water partition coefficient (Wildman–Crippen LogP) is 4.84. The molecule has 0 radical (unpaired) electrons. The first-order chi connectivity index (χ1) is 12.4. The molecule has 0 saturated heterocycles. The van der Waals surface area contributed by atoms with Crippen LogP contribution in [0.25, 0.3) is 32.7 Å². The summed E-state index contributed by atoms with van der Waals surface area (Å²) < 4.78 is 16.2. The van der Waals surface area contributed by atoms with Crippen LogP contribution in [0, 0.1) is 0 Å². The number of aromatic hydroxyl groups is 1. The van der Waals surface area contributed by atoms with E-state index in [4.69, 9.17) is 4.52 Å². The quantitative estimate of drug-likeness (QED) is 0.357. The lowest BCUT2D eigenvalue weighted by Crippen LogP contribution is -1.93. The van der Waals surface area contributed by atoms with Gasteiger partial charge in [0.2, 0.25) is 0 Å². The molecule has 0 aliphatic rings. The Hall–Kier alpha value is -2.85. The van der Waals surface area contributed by atoms with Crippen molar-refractivity contribution in [3.05, 3.63) is 72.8 Å². The van der Waals surface area contributed by atoms with Crippen LogP contribution in [-0.2, 0) is 4.57 Å². The molecule has 130 valence electrons. The summed E-state index contributed by atoms with van der Waals surface area (Å²) in [4.78, 5) is 18.4. The molecule has 0 fully saturated rings. The van der Waals surface area contributed by atoms with Crippen molar-refractivity contribution in [2.45, 2.75) is 0 Å². The molecule has 0 aliphatic carbocycles. The molecule has 0 saturated carbocycles. The molecular formula is C20H15O5P. The highest BCUT2D eigenvalue weighted by molar-refractivity contribution is 7.46. The number of rotatable bonds is 3. The summed E-state index contributed by atoms with van der Waals surface area (Å²) in [5.41, 5.74) is 0.881. The second-order valence-electron chi connectivity index (χ2n) is 5.92. The fourth-order valence-electron chi connectivity index (χ4n) is 3.24. The first-order valence-electron chi connectivity index (χ1n) is 7.92. The van der Waals surface area contributed by atoms with Crippen molar-refractivity contribution in [3.8, 4) is 22.6 Å². The highest BCUT2D eigenvalue weighted by Gasteiger charge is 2.21. The van der Waals surface area contributed by atoms with Gasteiger partial charge in [-0.2, -0.15) is 0 Å². The zero-order valence-electron chi connectivity index (χ0n) is 13.5. The molecule has 0 spiro atoms. The number of hydrogen-bond donors (Lipinski definition) is 3. The van der Waals surface area contributed by atoms with Gasteiger partial charge in [0.1, 0.15) is 11.5 Å². The summed E-state index contributed by atoms with van der Waals surface area (Å²) in [6.45, 7) is 0. The minimum absolute atomic E-state index is 0.00884. The van der Waals surface area contributed by atoms with Gasteiger partial charge in [0, 0.05) is 11.1 Å². The SMILES string of the molecule is O=P(O)(O)Oc1ccccc1-c1c(O)ccc2c1ccc1ccccc12. The molecule has 0 atom stereocenters. The maximum Gasteiger partial charge on any atom is 0.524 e. The van der Waals surface area contributed by atoms with E-state index < -0.39 is 7.82 Å². The van der Waals surface area contributed by atoms with Crippen LogP contribution in [0.2, 0.25) is 0 Å². The van der Waals surface area contributed by atoms with Crippen molar-refractivity contribution in [2.75, 3.05) is 0 Å².